The summed E-state index contributed by atoms with van der Waals surface area (Å²) in [4.78, 5) is 24.6. The zero-order valence-electron chi connectivity index (χ0n) is 12.2. The number of aryl methyl sites for hydroxylation is 2. The number of hydrogen-bond donors (Lipinski definition) is 1. The summed E-state index contributed by atoms with van der Waals surface area (Å²) in [7, 11) is -3.75. The molecule has 3 heterocycles. The highest BCUT2D eigenvalue weighted by molar-refractivity contribution is 7.89. The average Bonchev–Trinajstić information content (AvgIpc) is 3.11. The Balaban J connectivity index is 1.83. The molecule has 22 heavy (non-hydrogen) atoms. The van der Waals surface area contributed by atoms with Gasteiger partial charge in [0, 0.05) is 13.1 Å². The molecule has 1 N–H and O–H groups in total. The number of nitrogens with zero attached hydrogens (tertiary/aromatic N) is 3. The highest BCUT2D eigenvalue weighted by Gasteiger charge is 2.43. The molecule has 2 aliphatic heterocycles. The van der Waals surface area contributed by atoms with E-state index in [2.05, 4.69) is 10.5 Å². The number of nitrogens with one attached hydrogen (secondary N) is 1. The normalized spacial score (nSPS) is 23.4. The smallest absolute Gasteiger partial charge is 0.324 e. The van der Waals surface area contributed by atoms with Gasteiger partial charge in [0.05, 0.1) is 12.6 Å². The number of hydrogen-bond acceptors (Lipinski definition) is 6. The Morgan fingerprint density at radius 2 is 2.05 bits per heavy atom. The van der Waals surface area contributed by atoms with Crippen LogP contribution in [0.25, 0.3) is 0 Å². The van der Waals surface area contributed by atoms with E-state index in [1.54, 1.807) is 6.92 Å². The highest BCUT2D eigenvalue weighted by atomic mass is 32.2. The Hall–Kier alpha value is -1.94. The summed E-state index contributed by atoms with van der Waals surface area (Å²) < 4.78 is 31.5. The van der Waals surface area contributed by atoms with Crippen LogP contribution in [0.15, 0.2) is 9.42 Å². The molecule has 2 saturated heterocycles. The summed E-state index contributed by atoms with van der Waals surface area (Å²) in [6.07, 6.45) is 0.418. The van der Waals surface area contributed by atoms with Gasteiger partial charge in [0.25, 0.3) is 0 Å². The van der Waals surface area contributed by atoms with Crippen LogP contribution in [-0.2, 0) is 14.8 Å². The number of aromatic nitrogens is 1. The second-order valence-corrected chi connectivity index (χ2v) is 7.26. The molecule has 1 atom stereocenters. The lowest BCUT2D eigenvalue weighted by Gasteiger charge is -2.21. The van der Waals surface area contributed by atoms with Crippen LogP contribution in [0.3, 0.4) is 0 Å². The van der Waals surface area contributed by atoms with Crippen LogP contribution in [-0.4, -0.2) is 60.4 Å². The fourth-order valence-corrected chi connectivity index (χ4v) is 4.70. The zero-order chi connectivity index (χ0) is 16.1. The van der Waals surface area contributed by atoms with Gasteiger partial charge >= 0.3 is 6.03 Å². The fraction of sp³-hybridized carbons (Fsp3) is 0.583. The van der Waals surface area contributed by atoms with Crippen molar-refractivity contribution in [1.82, 2.24) is 19.7 Å². The number of amides is 3. The molecule has 1 aromatic heterocycles. The van der Waals surface area contributed by atoms with Gasteiger partial charge < -0.3 is 9.84 Å². The Labute approximate surface area is 127 Å². The van der Waals surface area contributed by atoms with Crippen molar-refractivity contribution in [1.29, 1.82) is 0 Å². The van der Waals surface area contributed by atoms with Gasteiger partial charge in [-0.15, -0.1) is 0 Å². The van der Waals surface area contributed by atoms with Crippen molar-refractivity contribution < 1.29 is 22.5 Å². The van der Waals surface area contributed by atoms with E-state index in [-0.39, 0.29) is 36.2 Å². The fourth-order valence-electron chi connectivity index (χ4n) is 2.92. The molecule has 0 bridgehead atoms. The van der Waals surface area contributed by atoms with Gasteiger partial charge in [-0.2, -0.15) is 4.31 Å². The van der Waals surface area contributed by atoms with Crippen molar-refractivity contribution in [2.75, 3.05) is 19.6 Å². The van der Waals surface area contributed by atoms with E-state index in [4.69, 9.17) is 4.52 Å². The number of rotatable bonds is 3. The summed E-state index contributed by atoms with van der Waals surface area (Å²) in [5.41, 5.74) is 0.302. The van der Waals surface area contributed by atoms with Crippen molar-refractivity contribution in [3.63, 3.8) is 0 Å². The molecule has 10 heteroatoms. The minimum Gasteiger partial charge on any atom is -0.360 e. The van der Waals surface area contributed by atoms with Gasteiger partial charge in [-0.1, -0.05) is 5.16 Å². The lowest BCUT2D eigenvalue weighted by Crippen LogP contribution is -2.43. The Bertz CT molecular complexity index is 705. The molecule has 0 radical (unpaired) electrons. The van der Waals surface area contributed by atoms with E-state index in [9.17, 15) is 18.0 Å². The summed E-state index contributed by atoms with van der Waals surface area (Å²) in [6.45, 7) is 3.40. The van der Waals surface area contributed by atoms with Crippen LogP contribution in [0.5, 0.6) is 0 Å². The summed E-state index contributed by atoms with van der Waals surface area (Å²) in [5.74, 6) is -0.0949. The third-order valence-corrected chi connectivity index (χ3v) is 6.05. The first kappa shape index (κ1) is 15.0. The first-order valence-electron chi connectivity index (χ1n) is 6.85. The van der Waals surface area contributed by atoms with Crippen LogP contribution >= 0.6 is 0 Å². The van der Waals surface area contributed by atoms with Crippen molar-refractivity contribution in [3.05, 3.63) is 11.5 Å². The molecule has 3 rings (SSSR count). The minimum absolute atomic E-state index is 0.0358. The zero-order valence-corrected chi connectivity index (χ0v) is 13.0. The Morgan fingerprint density at radius 3 is 2.59 bits per heavy atom. The number of imide groups is 1. The second kappa shape index (κ2) is 5.06. The van der Waals surface area contributed by atoms with Gasteiger partial charge in [0.1, 0.15) is 10.6 Å². The highest BCUT2D eigenvalue weighted by Crippen LogP contribution is 2.28. The van der Waals surface area contributed by atoms with E-state index in [1.165, 1.54) is 11.2 Å². The van der Waals surface area contributed by atoms with Crippen molar-refractivity contribution in [3.8, 4) is 0 Å². The Kier molecular flexibility index (Phi) is 3.44. The lowest BCUT2D eigenvalue weighted by atomic mass is 10.2. The Morgan fingerprint density at radius 1 is 1.32 bits per heavy atom. The van der Waals surface area contributed by atoms with Crippen LogP contribution in [0.4, 0.5) is 4.79 Å². The number of sulfonamides is 1. The molecule has 0 saturated carbocycles. The van der Waals surface area contributed by atoms with Gasteiger partial charge in [-0.3, -0.25) is 9.69 Å². The van der Waals surface area contributed by atoms with E-state index in [0.29, 0.717) is 12.1 Å². The molecular weight excluding hydrogens is 312 g/mol. The minimum atomic E-state index is -3.75. The van der Waals surface area contributed by atoms with Crippen LogP contribution < -0.4 is 5.32 Å². The SMILES string of the molecule is Cc1noc(C)c1S(=O)(=O)N1CCC(N2C(=O)CNC2=O)C1. The van der Waals surface area contributed by atoms with E-state index in [1.807, 2.05) is 0 Å². The number of urea groups is 1. The van der Waals surface area contributed by atoms with Crippen LogP contribution in [0.1, 0.15) is 17.9 Å². The monoisotopic (exact) mass is 328 g/mol. The predicted octanol–water partition coefficient (Wildman–Crippen LogP) is -0.394. The largest absolute Gasteiger partial charge is 0.360 e. The maximum atomic E-state index is 12.7. The predicted molar refractivity (Wildman–Crippen MR) is 73.4 cm³/mol. The van der Waals surface area contributed by atoms with E-state index >= 15 is 0 Å². The molecule has 3 amide bonds. The quantitative estimate of drug-likeness (QED) is 0.756. The summed E-state index contributed by atoms with van der Waals surface area (Å²) >= 11 is 0. The molecule has 2 aliphatic rings. The topological polar surface area (TPSA) is 113 Å². The van der Waals surface area contributed by atoms with E-state index < -0.39 is 22.1 Å². The van der Waals surface area contributed by atoms with Crippen molar-refractivity contribution >= 4 is 22.0 Å². The molecule has 1 aromatic rings. The second-order valence-electron chi connectivity index (χ2n) is 5.38. The molecule has 120 valence electrons. The van der Waals surface area contributed by atoms with Crippen LogP contribution in [0.2, 0.25) is 0 Å². The van der Waals surface area contributed by atoms with Gasteiger partial charge in [-0.05, 0) is 20.3 Å². The van der Waals surface area contributed by atoms with Gasteiger partial charge in [0.2, 0.25) is 15.9 Å². The van der Waals surface area contributed by atoms with E-state index in [0.717, 1.165) is 4.90 Å². The average molecular weight is 328 g/mol. The summed E-state index contributed by atoms with van der Waals surface area (Å²) in [5, 5.41) is 6.11. The standard InChI is InChI=1S/C12H16N4O5S/c1-7-11(8(2)21-14-7)22(19,20)15-4-3-9(6-15)16-10(17)5-13-12(16)18/h9H,3-6H2,1-2H3,(H,13,18). The first-order chi connectivity index (χ1) is 10.3. The molecular formula is C12H16N4O5S. The molecule has 0 spiro atoms. The van der Waals surface area contributed by atoms with Gasteiger partial charge in [-0.25, -0.2) is 13.2 Å². The molecule has 0 aromatic carbocycles. The number of carbonyl (C=O) groups excluding carboxylic acids is 2. The van der Waals surface area contributed by atoms with Crippen molar-refractivity contribution in [2.45, 2.75) is 31.2 Å². The maximum absolute atomic E-state index is 12.7. The lowest BCUT2D eigenvalue weighted by molar-refractivity contribution is -0.126. The molecule has 0 aliphatic carbocycles. The van der Waals surface area contributed by atoms with Crippen molar-refractivity contribution in [2.24, 2.45) is 0 Å². The molecule has 1 unspecified atom stereocenters. The molecule has 2 fully saturated rings. The third kappa shape index (κ3) is 2.18. The van der Waals surface area contributed by atoms with Gasteiger partial charge in [0.15, 0.2) is 5.76 Å². The summed E-state index contributed by atoms with van der Waals surface area (Å²) in [6, 6.07) is -0.906. The number of carbonyl (C=O) groups is 2. The maximum Gasteiger partial charge on any atom is 0.324 e. The third-order valence-electron chi connectivity index (χ3n) is 3.94. The van der Waals surface area contributed by atoms with Crippen LogP contribution in [0, 0.1) is 13.8 Å². The molecule has 9 nitrogen and oxygen atoms in total. The first-order valence-corrected chi connectivity index (χ1v) is 8.29.